The molecule has 1 heterocycles. The highest BCUT2D eigenvalue weighted by molar-refractivity contribution is 5.88. The number of ether oxygens (including phenoxy) is 1. The van der Waals surface area contributed by atoms with Gasteiger partial charge < -0.3 is 14.7 Å². The third-order valence-electron chi connectivity index (χ3n) is 6.33. The number of nitrogens with one attached hydrogen (secondary N) is 1. The minimum Gasteiger partial charge on any atom is -0.480 e. The molecule has 0 bridgehead atoms. The fourth-order valence-electron chi connectivity index (χ4n) is 4.89. The maximum Gasteiger partial charge on any atom is 0.326 e. The highest BCUT2D eigenvalue weighted by Crippen LogP contribution is 2.41. The average molecular weight is 417 g/mol. The number of aliphatic carboxylic acids is 1. The van der Waals surface area contributed by atoms with E-state index in [1.165, 1.54) is 0 Å². The van der Waals surface area contributed by atoms with Crippen LogP contribution in [0.4, 0.5) is 0 Å². The fourth-order valence-corrected chi connectivity index (χ4v) is 4.89. The molecule has 0 spiro atoms. The van der Waals surface area contributed by atoms with Gasteiger partial charge in [0.25, 0.3) is 0 Å². The summed E-state index contributed by atoms with van der Waals surface area (Å²) in [5.74, 6) is -1.31. The van der Waals surface area contributed by atoms with Crippen LogP contribution in [-0.4, -0.2) is 58.6 Å². The van der Waals surface area contributed by atoms with Gasteiger partial charge in [-0.25, -0.2) is 4.79 Å². The van der Waals surface area contributed by atoms with Gasteiger partial charge in [0.05, 0.1) is 12.6 Å². The summed E-state index contributed by atoms with van der Waals surface area (Å²) in [5, 5.41) is 12.8. The van der Waals surface area contributed by atoms with Crippen molar-refractivity contribution in [2.45, 2.75) is 76.5 Å². The van der Waals surface area contributed by atoms with E-state index in [-0.39, 0.29) is 30.4 Å². The summed E-state index contributed by atoms with van der Waals surface area (Å²) in [6.07, 6.45) is 4.54. The molecule has 5 atom stereocenters. The molecule has 164 valence electrons. The van der Waals surface area contributed by atoms with Gasteiger partial charge in [0.2, 0.25) is 5.91 Å². The molecule has 1 saturated carbocycles. The summed E-state index contributed by atoms with van der Waals surface area (Å²) in [5.41, 5.74) is 1.10. The van der Waals surface area contributed by atoms with E-state index in [9.17, 15) is 19.5 Å². The second-order valence-corrected chi connectivity index (χ2v) is 8.31. The van der Waals surface area contributed by atoms with Crippen LogP contribution in [0.2, 0.25) is 0 Å². The van der Waals surface area contributed by atoms with Crippen molar-refractivity contribution in [3.05, 3.63) is 35.9 Å². The smallest absolute Gasteiger partial charge is 0.326 e. The first-order valence-electron chi connectivity index (χ1n) is 10.9. The van der Waals surface area contributed by atoms with Crippen molar-refractivity contribution >= 4 is 17.8 Å². The van der Waals surface area contributed by atoms with Crippen molar-refractivity contribution in [3.8, 4) is 0 Å². The van der Waals surface area contributed by atoms with Crippen molar-refractivity contribution in [1.82, 2.24) is 10.2 Å². The van der Waals surface area contributed by atoms with E-state index in [1.54, 1.807) is 18.7 Å². The maximum absolute atomic E-state index is 13.2. The summed E-state index contributed by atoms with van der Waals surface area (Å²) in [7, 11) is 0. The number of nitrogens with zero attached hydrogens (tertiary/aromatic N) is 1. The number of carboxylic acid groups (broad SMARTS) is 1. The molecule has 7 heteroatoms. The summed E-state index contributed by atoms with van der Waals surface area (Å²) in [6, 6.07) is 7.76. The van der Waals surface area contributed by atoms with E-state index >= 15 is 0 Å². The quantitative estimate of drug-likeness (QED) is 0.600. The molecule has 0 aromatic heterocycles. The molecule has 3 unspecified atom stereocenters. The number of aryl methyl sites for hydroxylation is 1. The SMILES string of the molecule is CCOC(=O)[C@H](CCc1ccccc1)N[C@@H](C)C(=O)N1C(C(=O)O)CC2CCCC21. The molecule has 2 N–H and O–H groups in total. The number of esters is 1. The molecule has 2 fully saturated rings. The van der Waals surface area contributed by atoms with E-state index in [1.807, 2.05) is 30.3 Å². The van der Waals surface area contributed by atoms with Gasteiger partial charge in [0.1, 0.15) is 12.1 Å². The first-order chi connectivity index (χ1) is 14.4. The molecule has 30 heavy (non-hydrogen) atoms. The highest BCUT2D eigenvalue weighted by Gasteiger charge is 2.49. The molecule has 0 radical (unpaired) electrons. The molecule has 2 aliphatic rings. The predicted molar refractivity (Wildman–Crippen MR) is 112 cm³/mol. The molecule has 1 aromatic rings. The molecule has 1 amide bonds. The Labute approximate surface area is 177 Å². The maximum atomic E-state index is 13.2. The van der Waals surface area contributed by atoms with Crippen LogP contribution in [0, 0.1) is 5.92 Å². The summed E-state index contributed by atoms with van der Waals surface area (Å²) >= 11 is 0. The number of benzene rings is 1. The van der Waals surface area contributed by atoms with E-state index in [0.29, 0.717) is 19.3 Å². The molecule has 1 aliphatic heterocycles. The summed E-state index contributed by atoms with van der Waals surface area (Å²) < 4.78 is 5.21. The van der Waals surface area contributed by atoms with Crippen LogP contribution in [0.3, 0.4) is 0 Å². The number of carboxylic acids is 1. The second kappa shape index (κ2) is 10.1. The van der Waals surface area contributed by atoms with Crippen LogP contribution in [0.1, 0.15) is 51.5 Å². The number of amides is 1. The lowest BCUT2D eigenvalue weighted by Gasteiger charge is -2.31. The Hall–Kier alpha value is -2.41. The van der Waals surface area contributed by atoms with Crippen LogP contribution in [0.5, 0.6) is 0 Å². The zero-order valence-electron chi connectivity index (χ0n) is 17.8. The third kappa shape index (κ3) is 5.01. The van der Waals surface area contributed by atoms with E-state index < -0.39 is 24.1 Å². The number of carbonyl (C=O) groups excluding carboxylic acids is 2. The lowest BCUT2D eigenvalue weighted by Crippen LogP contribution is -2.55. The van der Waals surface area contributed by atoms with E-state index in [4.69, 9.17) is 4.74 Å². The number of rotatable bonds is 9. The van der Waals surface area contributed by atoms with E-state index in [2.05, 4.69) is 5.32 Å². The minimum atomic E-state index is -0.948. The minimum absolute atomic E-state index is 0.00629. The van der Waals surface area contributed by atoms with Gasteiger partial charge >= 0.3 is 11.9 Å². The van der Waals surface area contributed by atoms with Crippen LogP contribution < -0.4 is 5.32 Å². The molecule has 1 aromatic carbocycles. The molecular weight excluding hydrogens is 384 g/mol. The van der Waals surface area contributed by atoms with Crippen molar-refractivity contribution in [2.75, 3.05) is 6.61 Å². The number of likely N-dealkylation sites (tertiary alicyclic amines) is 1. The fraction of sp³-hybridized carbons (Fsp3) is 0.609. The van der Waals surface area contributed by atoms with Gasteiger partial charge in [-0.05, 0) is 57.4 Å². The molecular formula is C23H32N2O5. The van der Waals surface area contributed by atoms with Crippen LogP contribution >= 0.6 is 0 Å². The molecule has 7 nitrogen and oxygen atoms in total. The highest BCUT2D eigenvalue weighted by atomic mass is 16.5. The predicted octanol–water partition coefficient (Wildman–Crippen LogP) is 2.38. The first-order valence-corrected chi connectivity index (χ1v) is 10.9. The Balaban J connectivity index is 1.68. The average Bonchev–Trinajstić information content (AvgIpc) is 3.32. The van der Waals surface area contributed by atoms with Gasteiger partial charge in [-0.3, -0.25) is 14.9 Å². The Morgan fingerprint density at radius 1 is 1.23 bits per heavy atom. The van der Waals surface area contributed by atoms with Crippen LogP contribution in [0.15, 0.2) is 30.3 Å². The number of carbonyl (C=O) groups is 3. The number of fused-ring (bicyclic) bond motifs is 1. The summed E-state index contributed by atoms with van der Waals surface area (Å²) in [6.45, 7) is 3.72. The largest absolute Gasteiger partial charge is 0.480 e. The van der Waals surface area contributed by atoms with Crippen LogP contribution in [0.25, 0.3) is 0 Å². The topological polar surface area (TPSA) is 95.9 Å². The Morgan fingerprint density at radius 3 is 2.63 bits per heavy atom. The molecule has 1 saturated heterocycles. The standard InChI is InChI=1S/C23H32N2O5/c1-3-30-23(29)18(13-12-16-8-5-4-6-9-16)24-15(2)21(26)25-19-11-7-10-17(19)14-20(25)22(27)28/h4-6,8-9,15,17-20,24H,3,7,10-14H2,1-2H3,(H,27,28)/t15-,17?,18-,19?,20?/m0/s1. The molecule has 1 aliphatic carbocycles. The zero-order chi connectivity index (χ0) is 21.7. The lowest BCUT2D eigenvalue weighted by atomic mass is 10.0. The normalized spacial score (nSPS) is 24.9. The Kier molecular flexibility index (Phi) is 7.48. The lowest BCUT2D eigenvalue weighted by molar-refractivity contribution is -0.151. The van der Waals surface area contributed by atoms with Crippen molar-refractivity contribution in [3.63, 3.8) is 0 Å². The van der Waals surface area contributed by atoms with Gasteiger partial charge in [-0.15, -0.1) is 0 Å². The van der Waals surface area contributed by atoms with Gasteiger partial charge in [0.15, 0.2) is 0 Å². The van der Waals surface area contributed by atoms with Crippen molar-refractivity contribution < 1.29 is 24.2 Å². The number of hydrogen-bond acceptors (Lipinski definition) is 5. The van der Waals surface area contributed by atoms with Gasteiger partial charge in [-0.2, -0.15) is 0 Å². The summed E-state index contributed by atoms with van der Waals surface area (Å²) in [4.78, 5) is 39.1. The van der Waals surface area contributed by atoms with Crippen LogP contribution in [-0.2, 0) is 25.5 Å². The monoisotopic (exact) mass is 416 g/mol. The van der Waals surface area contributed by atoms with Crippen molar-refractivity contribution in [1.29, 1.82) is 0 Å². The van der Waals surface area contributed by atoms with E-state index in [0.717, 1.165) is 24.8 Å². The van der Waals surface area contributed by atoms with Gasteiger partial charge in [0, 0.05) is 6.04 Å². The Bertz CT molecular complexity index is 753. The second-order valence-electron chi connectivity index (χ2n) is 8.31. The molecule has 3 rings (SSSR count). The first kappa shape index (κ1) is 22.3. The Morgan fingerprint density at radius 2 is 1.97 bits per heavy atom. The third-order valence-corrected chi connectivity index (χ3v) is 6.33. The van der Waals surface area contributed by atoms with Gasteiger partial charge in [-0.1, -0.05) is 36.8 Å². The van der Waals surface area contributed by atoms with Crippen molar-refractivity contribution in [2.24, 2.45) is 5.92 Å². The number of hydrogen-bond donors (Lipinski definition) is 2. The zero-order valence-corrected chi connectivity index (χ0v) is 17.8.